The van der Waals surface area contributed by atoms with Crippen molar-refractivity contribution in [1.82, 2.24) is 4.90 Å². The molecule has 0 radical (unpaired) electrons. The van der Waals surface area contributed by atoms with E-state index in [0.717, 1.165) is 11.0 Å². The van der Waals surface area contributed by atoms with Gasteiger partial charge in [0.25, 0.3) is 11.6 Å². The summed E-state index contributed by atoms with van der Waals surface area (Å²) in [7, 11) is 1.33. The number of carboxylic acids is 1. The highest BCUT2D eigenvalue weighted by molar-refractivity contribution is 14.1. The molecular weight excluding hydrogens is 367 g/mol. The number of aliphatic carboxylic acids is 1. The standard InChI is InChI=1S/C11H11IN2O5/c1-6-8(11(17)13(2)5-10(15)16)3-7(14(18)19)4-9(6)12/h3-4H,5H2,1-2H3,(H,15,16). The summed E-state index contributed by atoms with van der Waals surface area (Å²) in [4.78, 5) is 33.8. The molecule has 0 aliphatic rings. The van der Waals surface area contributed by atoms with Crippen molar-refractivity contribution in [2.45, 2.75) is 6.92 Å². The number of carboxylic acid groups (broad SMARTS) is 1. The Balaban J connectivity index is 3.22. The summed E-state index contributed by atoms with van der Waals surface area (Å²) >= 11 is 1.90. The zero-order valence-corrected chi connectivity index (χ0v) is 12.4. The molecule has 0 aliphatic carbocycles. The van der Waals surface area contributed by atoms with E-state index in [1.54, 1.807) is 6.92 Å². The molecule has 0 aliphatic heterocycles. The summed E-state index contributed by atoms with van der Waals surface area (Å²) in [6.07, 6.45) is 0. The van der Waals surface area contributed by atoms with Crippen LogP contribution in [0, 0.1) is 20.6 Å². The number of amides is 1. The molecule has 7 nitrogen and oxygen atoms in total. The second-order valence-corrected chi connectivity index (χ2v) is 5.07. The number of non-ortho nitro benzene ring substituents is 1. The predicted molar refractivity (Wildman–Crippen MR) is 75.1 cm³/mol. The van der Waals surface area contributed by atoms with Crippen LogP contribution in [-0.2, 0) is 4.79 Å². The molecule has 0 saturated carbocycles. The molecule has 0 saturated heterocycles. The lowest BCUT2D eigenvalue weighted by atomic mass is 10.1. The number of hydrogen-bond donors (Lipinski definition) is 1. The maximum atomic E-state index is 12.1. The van der Waals surface area contributed by atoms with Gasteiger partial charge in [-0.15, -0.1) is 0 Å². The predicted octanol–water partition coefficient (Wildman–Crippen LogP) is 1.66. The molecule has 1 amide bonds. The van der Waals surface area contributed by atoms with Gasteiger partial charge in [-0.05, 0) is 35.1 Å². The molecule has 0 fully saturated rings. The second kappa shape index (κ2) is 5.95. The van der Waals surface area contributed by atoms with Gasteiger partial charge in [-0.25, -0.2) is 0 Å². The zero-order valence-electron chi connectivity index (χ0n) is 10.2. The number of hydrogen-bond acceptors (Lipinski definition) is 4. The van der Waals surface area contributed by atoms with Crippen LogP contribution >= 0.6 is 22.6 Å². The molecule has 8 heteroatoms. The fourth-order valence-electron chi connectivity index (χ4n) is 1.47. The molecule has 0 heterocycles. The Morgan fingerprint density at radius 3 is 2.53 bits per heavy atom. The van der Waals surface area contributed by atoms with Crippen LogP contribution in [0.15, 0.2) is 12.1 Å². The van der Waals surface area contributed by atoms with E-state index in [-0.39, 0.29) is 11.3 Å². The molecule has 1 aromatic rings. The summed E-state index contributed by atoms with van der Waals surface area (Å²) in [5, 5.41) is 19.4. The number of carbonyl (C=O) groups is 2. The number of nitrogens with zero attached hydrogens (tertiary/aromatic N) is 2. The molecule has 0 unspecified atom stereocenters. The Bertz CT molecular complexity index is 558. The van der Waals surface area contributed by atoms with E-state index in [1.807, 2.05) is 22.6 Å². The molecule has 0 aromatic heterocycles. The molecule has 0 spiro atoms. The number of halogens is 1. The molecule has 0 bridgehead atoms. The zero-order chi connectivity index (χ0) is 14.7. The Labute approximate surface area is 122 Å². The van der Waals surface area contributed by atoms with E-state index in [4.69, 9.17) is 5.11 Å². The SMILES string of the molecule is Cc1c(I)cc([N+](=O)[O-])cc1C(=O)N(C)CC(=O)O. The van der Waals surface area contributed by atoms with Gasteiger partial charge in [0.15, 0.2) is 0 Å². The lowest BCUT2D eigenvalue weighted by molar-refractivity contribution is -0.385. The summed E-state index contributed by atoms with van der Waals surface area (Å²) in [6.45, 7) is 1.20. The Hall–Kier alpha value is -1.71. The average molecular weight is 378 g/mol. The van der Waals surface area contributed by atoms with Gasteiger partial charge in [0, 0.05) is 22.8 Å². The van der Waals surface area contributed by atoms with Gasteiger partial charge in [-0.1, -0.05) is 0 Å². The van der Waals surface area contributed by atoms with E-state index < -0.39 is 23.3 Å². The summed E-state index contributed by atoms with van der Waals surface area (Å²) in [6, 6.07) is 2.53. The highest BCUT2D eigenvalue weighted by Gasteiger charge is 2.21. The van der Waals surface area contributed by atoms with Crippen LogP contribution in [0.25, 0.3) is 0 Å². The third kappa shape index (κ3) is 3.63. The third-order valence-corrected chi connectivity index (χ3v) is 3.61. The average Bonchev–Trinajstić information content (AvgIpc) is 2.30. The van der Waals surface area contributed by atoms with E-state index in [2.05, 4.69) is 0 Å². The van der Waals surface area contributed by atoms with Crippen molar-refractivity contribution < 1.29 is 19.6 Å². The second-order valence-electron chi connectivity index (χ2n) is 3.91. The highest BCUT2D eigenvalue weighted by Crippen LogP contribution is 2.24. The van der Waals surface area contributed by atoms with Crippen LogP contribution < -0.4 is 0 Å². The maximum Gasteiger partial charge on any atom is 0.323 e. The van der Waals surface area contributed by atoms with Crippen molar-refractivity contribution in [2.75, 3.05) is 13.6 Å². The van der Waals surface area contributed by atoms with Crippen molar-refractivity contribution in [3.05, 3.63) is 36.9 Å². The number of likely N-dealkylation sites (N-methyl/N-ethyl adjacent to an activating group) is 1. The van der Waals surface area contributed by atoms with Crippen molar-refractivity contribution in [3.63, 3.8) is 0 Å². The summed E-state index contributed by atoms with van der Waals surface area (Å²) in [5.41, 5.74) is 0.540. The molecule has 1 N–H and O–H groups in total. The first-order valence-electron chi connectivity index (χ1n) is 5.15. The first kappa shape index (κ1) is 15.3. The van der Waals surface area contributed by atoms with Crippen LogP contribution in [0.5, 0.6) is 0 Å². The van der Waals surface area contributed by atoms with Gasteiger partial charge < -0.3 is 10.0 Å². The van der Waals surface area contributed by atoms with Gasteiger partial charge in [0.05, 0.1) is 10.5 Å². The number of rotatable bonds is 4. The van der Waals surface area contributed by atoms with Gasteiger partial charge in [0.1, 0.15) is 6.54 Å². The van der Waals surface area contributed by atoms with Gasteiger partial charge in [0.2, 0.25) is 0 Å². The van der Waals surface area contributed by atoms with Crippen molar-refractivity contribution >= 4 is 40.2 Å². The minimum atomic E-state index is -1.14. The normalized spacial score (nSPS) is 10.1. The topological polar surface area (TPSA) is 101 Å². The van der Waals surface area contributed by atoms with Gasteiger partial charge in [-0.2, -0.15) is 0 Å². The van der Waals surface area contributed by atoms with E-state index in [1.165, 1.54) is 13.1 Å². The van der Waals surface area contributed by atoms with E-state index in [9.17, 15) is 19.7 Å². The minimum Gasteiger partial charge on any atom is -0.480 e. The molecule has 0 atom stereocenters. The van der Waals surface area contributed by atoms with Crippen LogP contribution in [0.3, 0.4) is 0 Å². The first-order chi connectivity index (χ1) is 8.73. The van der Waals surface area contributed by atoms with Crippen LogP contribution in [-0.4, -0.2) is 40.4 Å². The van der Waals surface area contributed by atoms with E-state index in [0.29, 0.717) is 9.13 Å². The highest BCUT2D eigenvalue weighted by atomic mass is 127. The van der Waals surface area contributed by atoms with Crippen molar-refractivity contribution in [3.8, 4) is 0 Å². The summed E-state index contributed by atoms with van der Waals surface area (Å²) < 4.78 is 0.582. The summed E-state index contributed by atoms with van der Waals surface area (Å²) in [5.74, 6) is -1.70. The number of nitro groups is 1. The fourth-order valence-corrected chi connectivity index (χ4v) is 2.08. The molecule has 102 valence electrons. The Kier molecular flexibility index (Phi) is 4.81. The van der Waals surface area contributed by atoms with Crippen molar-refractivity contribution in [1.29, 1.82) is 0 Å². The van der Waals surface area contributed by atoms with Crippen LogP contribution in [0.4, 0.5) is 5.69 Å². The van der Waals surface area contributed by atoms with Gasteiger partial charge in [-0.3, -0.25) is 19.7 Å². The van der Waals surface area contributed by atoms with Crippen LogP contribution in [0.1, 0.15) is 15.9 Å². The van der Waals surface area contributed by atoms with Crippen molar-refractivity contribution in [2.24, 2.45) is 0 Å². The third-order valence-electron chi connectivity index (χ3n) is 2.49. The number of benzene rings is 1. The molecule has 19 heavy (non-hydrogen) atoms. The van der Waals surface area contributed by atoms with Gasteiger partial charge >= 0.3 is 5.97 Å². The first-order valence-corrected chi connectivity index (χ1v) is 6.23. The molecular formula is C11H11IN2O5. The largest absolute Gasteiger partial charge is 0.480 e. The Morgan fingerprint density at radius 2 is 2.05 bits per heavy atom. The lowest BCUT2D eigenvalue weighted by Gasteiger charge is -2.16. The molecule has 1 rings (SSSR count). The Morgan fingerprint density at radius 1 is 1.47 bits per heavy atom. The minimum absolute atomic E-state index is 0.141. The maximum absolute atomic E-state index is 12.1. The quantitative estimate of drug-likeness (QED) is 0.488. The monoisotopic (exact) mass is 378 g/mol. The fraction of sp³-hybridized carbons (Fsp3) is 0.273. The van der Waals surface area contributed by atoms with E-state index >= 15 is 0 Å². The number of nitro benzene ring substituents is 1. The molecule has 1 aromatic carbocycles. The lowest BCUT2D eigenvalue weighted by Crippen LogP contribution is -2.32. The number of carbonyl (C=O) groups excluding carboxylic acids is 1. The van der Waals surface area contributed by atoms with Crippen LogP contribution in [0.2, 0.25) is 0 Å². The smallest absolute Gasteiger partial charge is 0.323 e.